The highest BCUT2D eigenvalue weighted by molar-refractivity contribution is 4.87. The van der Waals surface area contributed by atoms with Crippen LogP contribution in [0.5, 0.6) is 0 Å². The Hall–Kier alpha value is -1.18. The maximum atomic E-state index is 3.36. The average Bonchev–Trinajstić information content (AvgIpc) is 1.97. The molecule has 0 saturated carbocycles. The normalized spacial score (nSPS) is 8.10. The van der Waals surface area contributed by atoms with Crippen LogP contribution < -0.4 is 0 Å². The number of allylic oxidation sites excluding steroid dienone is 3. The first-order valence-electron chi connectivity index (χ1n) is 3.37. The van der Waals surface area contributed by atoms with Gasteiger partial charge in [0.25, 0.3) is 0 Å². The Bertz CT molecular complexity index is 202. The fraction of sp³-hybridized carbons (Fsp3) is 0.300. The second-order valence-corrected chi connectivity index (χ2v) is 1.80. The van der Waals surface area contributed by atoms with Crippen molar-refractivity contribution in [2.45, 2.75) is 19.8 Å². The minimum absolute atomic E-state index is 1.01. The molecule has 0 aliphatic heterocycles. The Morgan fingerprint density at radius 1 is 1.40 bits per heavy atom. The van der Waals surface area contributed by atoms with Crippen LogP contribution >= 0.6 is 0 Å². The first-order chi connectivity index (χ1) is 4.91. The molecule has 0 aromatic heterocycles. The highest BCUT2D eigenvalue weighted by Crippen LogP contribution is 1.90. The molecule has 0 rings (SSSR count). The molecule has 0 heteroatoms. The van der Waals surface area contributed by atoms with E-state index in [0.717, 1.165) is 12.8 Å². The number of rotatable bonds is 3. The lowest BCUT2D eigenvalue weighted by Gasteiger charge is -1.79. The van der Waals surface area contributed by atoms with Crippen molar-refractivity contribution in [1.29, 1.82) is 0 Å². The van der Waals surface area contributed by atoms with Crippen LogP contribution in [0.15, 0.2) is 42.0 Å². The van der Waals surface area contributed by atoms with E-state index in [1.807, 2.05) is 19.1 Å². The summed E-state index contributed by atoms with van der Waals surface area (Å²) in [6, 6.07) is 0. The molecule has 0 aromatic carbocycles. The zero-order valence-electron chi connectivity index (χ0n) is 6.35. The fourth-order valence-corrected chi connectivity index (χ4v) is 0.520. The molecule has 0 saturated heterocycles. The van der Waals surface area contributed by atoms with Crippen molar-refractivity contribution in [2.24, 2.45) is 0 Å². The van der Waals surface area contributed by atoms with Gasteiger partial charge in [0.2, 0.25) is 0 Å². The lowest BCUT2D eigenvalue weighted by atomic mass is 10.3. The van der Waals surface area contributed by atoms with Gasteiger partial charge >= 0.3 is 0 Å². The van der Waals surface area contributed by atoms with Crippen molar-refractivity contribution in [3.05, 3.63) is 42.0 Å². The molecule has 0 aliphatic carbocycles. The second-order valence-electron chi connectivity index (χ2n) is 1.80. The minimum Gasteiger partial charge on any atom is -0.0917 e. The van der Waals surface area contributed by atoms with E-state index in [9.17, 15) is 0 Å². The lowest BCUT2D eigenvalue weighted by Crippen LogP contribution is -1.59. The summed E-state index contributed by atoms with van der Waals surface area (Å²) in [5, 5.41) is 0. The van der Waals surface area contributed by atoms with Crippen LogP contribution in [0.3, 0.4) is 0 Å². The average molecular weight is 132 g/mol. The Morgan fingerprint density at radius 2 is 2.20 bits per heavy atom. The van der Waals surface area contributed by atoms with E-state index in [0.29, 0.717) is 0 Å². The van der Waals surface area contributed by atoms with E-state index in [2.05, 4.69) is 29.8 Å². The molecule has 0 aromatic rings. The van der Waals surface area contributed by atoms with Gasteiger partial charge in [-0.05, 0) is 38.2 Å². The van der Waals surface area contributed by atoms with Gasteiger partial charge in [-0.1, -0.05) is 23.6 Å². The predicted octanol–water partition coefficient (Wildman–Crippen LogP) is 2.99. The molecule has 0 fully saturated rings. The highest BCUT2D eigenvalue weighted by atomic mass is 13.8. The molecule has 0 heterocycles. The van der Waals surface area contributed by atoms with E-state index in [1.165, 1.54) is 0 Å². The summed E-state index contributed by atoms with van der Waals surface area (Å²) in [7, 11) is 0. The van der Waals surface area contributed by atoms with Crippen LogP contribution in [0.25, 0.3) is 0 Å². The van der Waals surface area contributed by atoms with Crippen LogP contribution in [0.1, 0.15) is 19.8 Å². The van der Waals surface area contributed by atoms with E-state index in [4.69, 9.17) is 0 Å². The Morgan fingerprint density at radius 3 is 2.80 bits per heavy atom. The maximum absolute atomic E-state index is 3.36. The van der Waals surface area contributed by atoms with Crippen LogP contribution in [0.4, 0.5) is 0 Å². The quantitative estimate of drug-likeness (QED) is 0.314. The number of hydrogen-bond acceptors (Lipinski definition) is 0. The molecule has 0 radical (unpaired) electrons. The molecular formula is C10H12. The van der Waals surface area contributed by atoms with Crippen molar-refractivity contribution in [3.63, 3.8) is 0 Å². The Labute approximate surface area is 62.6 Å². The van der Waals surface area contributed by atoms with Crippen LogP contribution in [-0.2, 0) is 0 Å². The third-order valence-electron chi connectivity index (χ3n) is 0.976. The maximum Gasteiger partial charge on any atom is -0.0200 e. The molecular weight excluding hydrogens is 120 g/mol. The van der Waals surface area contributed by atoms with Crippen molar-refractivity contribution < 1.29 is 0 Å². The first-order valence-corrected chi connectivity index (χ1v) is 3.37. The molecule has 52 valence electrons. The summed E-state index contributed by atoms with van der Waals surface area (Å²) in [5.41, 5.74) is 7.94. The largest absolute Gasteiger partial charge is 0.0917 e. The summed E-state index contributed by atoms with van der Waals surface area (Å²) in [6.07, 6.45) is 8.18. The van der Waals surface area contributed by atoms with Crippen molar-refractivity contribution in [2.75, 3.05) is 0 Å². The van der Waals surface area contributed by atoms with Crippen LogP contribution in [0.2, 0.25) is 0 Å². The summed E-state index contributed by atoms with van der Waals surface area (Å²) < 4.78 is 0. The Balaban J connectivity index is 3.55. The van der Waals surface area contributed by atoms with Crippen molar-refractivity contribution in [1.82, 2.24) is 0 Å². The standard InChI is InChI=1S/C10H12/c1-3-5-7-9-10-8-6-4-2/h4,6,9H,1,8,10H2,2H3. The molecule has 0 atom stereocenters. The monoisotopic (exact) mass is 132 g/mol. The summed E-state index contributed by atoms with van der Waals surface area (Å²) in [6.45, 7) is 5.38. The van der Waals surface area contributed by atoms with E-state index in [-0.39, 0.29) is 0 Å². The zero-order valence-corrected chi connectivity index (χ0v) is 6.35. The molecule has 0 N–H and O–H groups in total. The van der Waals surface area contributed by atoms with Gasteiger partial charge in [-0.2, -0.15) is 0 Å². The third-order valence-corrected chi connectivity index (χ3v) is 0.976. The molecule has 0 aliphatic rings. The van der Waals surface area contributed by atoms with Gasteiger partial charge < -0.3 is 0 Å². The van der Waals surface area contributed by atoms with Gasteiger partial charge in [-0.15, -0.1) is 0 Å². The van der Waals surface area contributed by atoms with E-state index in [1.54, 1.807) is 0 Å². The predicted molar refractivity (Wildman–Crippen MR) is 44.8 cm³/mol. The first kappa shape index (κ1) is 8.82. The molecule has 0 bridgehead atoms. The van der Waals surface area contributed by atoms with Crippen molar-refractivity contribution >= 4 is 0 Å². The van der Waals surface area contributed by atoms with E-state index >= 15 is 0 Å². The van der Waals surface area contributed by atoms with E-state index < -0.39 is 0 Å². The summed E-state index contributed by atoms with van der Waals surface area (Å²) in [4.78, 5) is 0. The molecule has 0 amide bonds. The third kappa shape index (κ3) is 6.82. The summed E-state index contributed by atoms with van der Waals surface area (Å²) in [5.74, 6) is 0. The zero-order chi connectivity index (χ0) is 7.66. The van der Waals surface area contributed by atoms with Crippen molar-refractivity contribution in [3.8, 4) is 0 Å². The minimum atomic E-state index is 1.01. The van der Waals surface area contributed by atoms with Gasteiger partial charge in [-0.3, -0.25) is 0 Å². The van der Waals surface area contributed by atoms with Gasteiger partial charge in [-0.25, -0.2) is 0 Å². The molecule has 0 unspecified atom stereocenters. The number of hydrogen-bond donors (Lipinski definition) is 0. The highest BCUT2D eigenvalue weighted by Gasteiger charge is 1.70. The van der Waals surface area contributed by atoms with Gasteiger partial charge in [0.15, 0.2) is 0 Å². The summed E-state index contributed by atoms with van der Waals surface area (Å²) >= 11 is 0. The fourth-order valence-electron chi connectivity index (χ4n) is 0.520. The van der Waals surface area contributed by atoms with Gasteiger partial charge in [0.05, 0.1) is 0 Å². The SMILES string of the molecule is C=C=C=C=CCCC=CC. The van der Waals surface area contributed by atoms with Crippen LogP contribution in [0, 0.1) is 0 Å². The molecule has 0 spiro atoms. The molecule has 10 heavy (non-hydrogen) atoms. The smallest absolute Gasteiger partial charge is 0.0200 e. The Kier molecular flexibility index (Phi) is 6.90. The molecule has 0 nitrogen and oxygen atoms in total. The number of unbranched alkanes of at least 4 members (excludes halogenated alkanes) is 1. The van der Waals surface area contributed by atoms with Gasteiger partial charge in [0, 0.05) is 0 Å². The van der Waals surface area contributed by atoms with Crippen LogP contribution in [-0.4, -0.2) is 0 Å². The lowest BCUT2D eigenvalue weighted by molar-refractivity contribution is 1.05. The topological polar surface area (TPSA) is 0 Å². The van der Waals surface area contributed by atoms with Gasteiger partial charge in [0.1, 0.15) is 0 Å². The second kappa shape index (κ2) is 7.82.